The first-order chi connectivity index (χ1) is 15.3. The Balaban J connectivity index is 1.37. The molecule has 0 unspecified atom stereocenters. The third-order valence-electron chi connectivity index (χ3n) is 5.36. The third kappa shape index (κ3) is 4.71. The molecule has 2 N–H and O–H groups in total. The molecule has 10 heteroatoms. The summed E-state index contributed by atoms with van der Waals surface area (Å²) in [5.41, 5.74) is 2.15. The van der Waals surface area contributed by atoms with E-state index in [-0.39, 0.29) is 10.8 Å². The van der Waals surface area contributed by atoms with Gasteiger partial charge in [0.1, 0.15) is 5.75 Å². The minimum Gasteiger partial charge on any atom is -0.497 e. The number of nitrogens with two attached hydrogens (primary N) is 1. The Morgan fingerprint density at radius 3 is 2.09 bits per heavy atom. The van der Waals surface area contributed by atoms with Crippen LogP contribution in [0.4, 0.5) is 5.82 Å². The number of ether oxygens (including phenoxy) is 1. The summed E-state index contributed by atoms with van der Waals surface area (Å²) in [5.74, 6) is 1.39. The van der Waals surface area contributed by atoms with Crippen molar-refractivity contribution in [3.05, 3.63) is 66.2 Å². The molecular weight excluding hydrogens is 430 g/mol. The highest BCUT2D eigenvalue weighted by molar-refractivity contribution is 7.89. The number of anilines is 1. The van der Waals surface area contributed by atoms with Gasteiger partial charge in [0.2, 0.25) is 10.0 Å². The number of primary sulfonamides is 1. The summed E-state index contributed by atoms with van der Waals surface area (Å²) < 4.78 is 27.9. The lowest BCUT2D eigenvalue weighted by atomic mass is 10.1. The molecule has 0 saturated carbocycles. The van der Waals surface area contributed by atoms with Gasteiger partial charge in [-0.2, -0.15) is 0 Å². The molecule has 2 heterocycles. The van der Waals surface area contributed by atoms with Crippen LogP contribution in [-0.2, 0) is 10.0 Å². The van der Waals surface area contributed by atoms with Crippen molar-refractivity contribution in [3.8, 4) is 17.0 Å². The Morgan fingerprint density at radius 1 is 0.906 bits per heavy atom. The van der Waals surface area contributed by atoms with E-state index in [1.54, 1.807) is 12.0 Å². The van der Waals surface area contributed by atoms with Gasteiger partial charge in [-0.3, -0.25) is 4.79 Å². The van der Waals surface area contributed by atoms with Crippen molar-refractivity contribution in [1.29, 1.82) is 0 Å². The van der Waals surface area contributed by atoms with Crippen molar-refractivity contribution in [2.75, 3.05) is 38.2 Å². The number of nitrogens with zero attached hydrogens (tertiary/aromatic N) is 4. The first-order valence-corrected chi connectivity index (χ1v) is 11.5. The highest BCUT2D eigenvalue weighted by Gasteiger charge is 2.23. The van der Waals surface area contributed by atoms with Crippen LogP contribution in [0.2, 0.25) is 0 Å². The van der Waals surface area contributed by atoms with E-state index < -0.39 is 10.0 Å². The molecule has 166 valence electrons. The number of rotatable bonds is 5. The van der Waals surface area contributed by atoms with Crippen LogP contribution in [0, 0.1) is 0 Å². The number of piperazine rings is 1. The molecule has 9 nitrogen and oxygen atoms in total. The monoisotopic (exact) mass is 453 g/mol. The normalized spacial score (nSPS) is 14.3. The summed E-state index contributed by atoms with van der Waals surface area (Å²) in [6.45, 7) is 2.30. The van der Waals surface area contributed by atoms with E-state index in [1.165, 1.54) is 24.3 Å². The van der Waals surface area contributed by atoms with Crippen molar-refractivity contribution < 1.29 is 17.9 Å². The first kappa shape index (κ1) is 21.7. The second-order valence-electron chi connectivity index (χ2n) is 7.35. The summed E-state index contributed by atoms with van der Waals surface area (Å²) in [4.78, 5) is 16.5. The number of amides is 1. The van der Waals surface area contributed by atoms with Crippen LogP contribution in [-0.4, -0.2) is 62.7 Å². The predicted molar refractivity (Wildman–Crippen MR) is 120 cm³/mol. The number of sulfonamides is 1. The Hall–Kier alpha value is -3.50. The van der Waals surface area contributed by atoms with Crippen LogP contribution in [0.15, 0.2) is 65.6 Å². The van der Waals surface area contributed by atoms with Crippen molar-refractivity contribution in [2.24, 2.45) is 5.14 Å². The molecule has 0 atom stereocenters. The van der Waals surface area contributed by atoms with Crippen molar-refractivity contribution in [2.45, 2.75) is 4.90 Å². The van der Waals surface area contributed by atoms with E-state index in [1.807, 2.05) is 36.4 Å². The molecule has 0 radical (unpaired) electrons. The molecular formula is C22H23N5O4S. The number of carbonyl (C=O) groups is 1. The van der Waals surface area contributed by atoms with Gasteiger partial charge in [0.25, 0.3) is 5.91 Å². The van der Waals surface area contributed by atoms with Gasteiger partial charge in [-0.15, -0.1) is 10.2 Å². The summed E-state index contributed by atoms with van der Waals surface area (Å²) >= 11 is 0. The number of aromatic nitrogens is 2. The molecule has 1 aliphatic rings. The highest BCUT2D eigenvalue weighted by atomic mass is 32.2. The number of benzene rings is 2. The average Bonchev–Trinajstić information content (AvgIpc) is 2.83. The Kier molecular flexibility index (Phi) is 6.06. The van der Waals surface area contributed by atoms with Crippen LogP contribution in [0.3, 0.4) is 0 Å². The van der Waals surface area contributed by atoms with E-state index >= 15 is 0 Å². The second kappa shape index (κ2) is 8.93. The maximum Gasteiger partial charge on any atom is 0.253 e. The lowest BCUT2D eigenvalue weighted by Crippen LogP contribution is -2.49. The standard InChI is InChI=1S/C22H23N5O4S/c1-31-18-6-2-16(3-7-18)20-10-11-21(25-24-20)26-12-14-27(15-13-26)22(28)17-4-8-19(9-5-17)32(23,29)30/h2-11H,12-15H2,1H3,(H2,23,29,30). The number of methoxy groups -OCH3 is 1. The van der Waals surface area contributed by atoms with Crippen LogP contribution in [0.5, 0.6) is 5.75 Å². The zero-order chi connectivity index (χ0) is 22.7. The summed E-state index contributed by atoms with van der Waals surface area (Å²) in [5, 5.41) is 13.8. The Labute approximate surface area is 186 Å². The smallest absolute Gasteiger partial charge is 0.253 e. The van der Waals surface area contributed by atoms with Gasteiger partial charge in [0.05, 0.1) is 17.7 Å². The quantitative estimate of drug-likeness (QED) is 0.625. The van der Waals surface area contributed by atoms with Gasteiger partial charge in [0.15, 0.2) is 5.82 Å². The van der Waals surface area contributed by atoms with Gasteiger partial charge >= 0.3 is 0 Å². The van der Waals surface area contributed by atoms with Gasteiger partial charge in [-0.25, -0.2) is 13.6 Å². The first-order valence-electron chi connectivity index (χ1n) is 10.0. The van der Waals surface area contributed by atoms with Crippen molar-refractivity contribution >= 4 is 21.7 Å². The molecule has 1 fully saturated rings. The van der Waals surface area contributed by atoms with Crippen LogP contribution in [0.25, 0.3) is 11.3 Å². The zero-order valence-electron chi connectivity index (χ0n) is 17.5. The van der Waals surface area contributed by atoms with Crippen LogP contribution in [0.1, 0.15) is 10.4 Å². The maximum absolute atomic E-state index is 12.7. The van der Waals surface area contributed by atoms with E-state index in [0.29, 0.717) is 31.7 Å². The number of hydrogen-bond donors (Lipinski definition) is 1. The molecule has 1 aromatic heterocycles. The minimum atomic E-state index is -3.78. The molecule has 32 heavy (non-hydrogen) atoms. The van der Waals surface area contributed by atoms with Gasteiger partial charge in [-0.1, -0.05) is 0 Å². The second-order valence-corrected chi connectivity index (χ2v) is 8.92. The molecule has 0 aliphatic carbocycles. The molecule has 4 rings (SSSR count). The predicted octanol–water partition coefficient (Wildman–Crippen LogP) is 1.76. The Morgan fingerprint density at radius 2 is 1.56 bits per heavy atom. The summed E-state index contributed by atoms with van der Waals surface area (Å²) in [6.07, 6.45) is 0. The van der Waals surface area contributed by atoms with Crippen molar-refractivity contribution in [3.63, 3.8) is 0 Å². The minimum absolute atomic E-state index is 0.0180. The van der Waals surface area contributed by atoms with E-state index in [0.717, 1.165) is 22.8 Å². The van der Waals surface area contributed by atoms with Crippen LogP contribution < -0.4 is 14.8 Å². The van der Waals surface area contributed by atoms with Gasteiger partial charge < -0.3 is 14.5 Å². The fraction of sp³-hybridized carbons (Fsp3) is 0.227. The van der Waals surface area contributed by atoms with E-state index in [4.69, 9.17) is 9.88 Å². The summed E-state index contributed by atoms with van der Waals surface area (Å²) in [7, 11) is -2.16. The van der Waals surface area contributed by atoms with Crippen LogP contribution >= 0.6 is 0 Å². The lowest BCUT2D eigenvalue weighted by Gasteiger charge is -2.35. The van der Waals surface area contributed by atoms with E-state index in [2.05, 4.69) is 15.1 Å². The molecule has 3 aromatic rings. The SMILES string of the molecule is COc1ccc(-c2ccc(N3CCN(C(=O)c4ccc(S(N)(=O)=O)cc4)CC3)nn2)cc1. The van der Waals surface area contributed by atoms with Crippen molar-refractivity contribution in [1.82, 2.24) is 15.1 Å². The fourth-order valence-electron chi connectivity index (χ4n) is 3.52. The topological polar surface area (TPSA) is 119 Å². The Bertz CT molecular complexity index is 1190. The summed E-state index contributed by atoms with van der Waals surface area (Å²) in [6, 6.07) is 17.1. The molecule has 1 aliphatic heterocycles. The zero-order valence-corrected chi connectivity index (χ0v) is 18.3. The third-order valence-corrected chi connectivity index (χ3v) is 6.29. The largest absolute Gasteiger partial charge is 0.497 e. The molecule has 2 aromatic carbocycles. The maximum atomic E-state index is 12.7. The average molecular weight is 454 g/mol. The van der Waals surface area contributed by atoms with Gasteiger partial charge in [0, 0.05) is 37.3 Å². The number of carbonyl (C=O) groups excluding carboxylic acids is 1. The van der Waals surface area contributed by atoms with E-state index in [9.17, 15) is 13.2 Å². The molecule has 1 saturated heterocycles. The highest BCUT2D eigenvalue weighted by Crippen LogP contribution is 2.22. The van der Waals surface area contributed by atoms with Gasteiger partial charge in [-0.05, 0) is 60.7 Å². The molecule has 0 bridgehead atoms. The molecule has 0 spiro atoms. The number of hydrogen-bond acceptors (Lipinski definition) is 7. The fourth-order valence-corrected chi connectivity index (χ4v) is 4.03. The molecule has 1 amide bonds. The lowest BCUT2D eigenvalue weighted by molar-refractivity contribution is 0.0746.